The molecule has 5 nitrogen and oxygen atoms in total. The van der Waals surface area contributed by atoms with Crippen LogP contribution in [0, 0.1) is 12.8 Å². The molecule has 0 spiro atoms. The van der Waals surface area contributed by atoms with Gasteiger partial charge >= 0.3 is 6.09 Å². The molecular formula is C34H41N3O2. The monoisotopic (exact) mass is 523 g/mol. The highest BCUT2D eigenvalue weighted by Crippen LogP contribution is 2.51. The topological polar surface area (TPSA) is 36.0 Å². The standard InChI is InChI=1S/C34H41N3O2/c1-24-30(14-9-15-31(24)36-20-22-37(23-21-36)33(38)39-4)35-18-16-25(17-19-35)32-26-10-5-7-12-28(26)34(2,3)29-13-8-6-11-27(29)32/h5-15,25,32H,16-23H2,1-4H3. The SMILES string of the molecule is COC(=O)N1CCN(c2cccc(N3CCC(C4c5ccccc5C(C)(C)c5ccccc54)CC3)c2C)CC1. The van der Waals surface area contributed by atoms with Gasteiger partial charge < -0.3 is 19.4 Å². The van der Waals surface area contributed by atoms with Crippen molar-refractivity contribution < 1.29 is 9.53 Å². The van der Waals surface area contributed by atoms with Crippen LogP contribution in [-0.2, 0) is 10.2 Å². The lowest BCUT2D eigenvalue weighted by atomic mass is 9.61. The Labute approximate surface area is 233 Å². The van der Waals surface area contributed by atoms with Gasteiger partial charge in [0.1, 0.15) is 0 Å². The van der Waals surface area contributed by atoms with Gasteiger partial charge in [-0.15, -0.1) is 0 Å². The summed E-state index contributed by atoms with van der Waals surface area (Å²) >= 11 is 0. The van der Waals surface area contributed by atoms with Crippen molar-refractivity contribution in [1.82, 2.24) is 4.90 Å². The highest BCUT2D eigenvalue weighted by Gasteiger charge is 2.40. The van der Waals surface area contributed by atoms with E-state index in [1.165, 1.54) is 59.1 Å². The van der Waals surface area contributed by atoms with Gasteiger partial charge in [-0.3, -0.25) is 0 Å². The number of fused-ring (bicyclic) bond motifs is 2. The number of methoxy groups -OCH3 is 1. The second-order valence-corrected chi connectivity index (χ2v) is 12.0. The number of nitrogens with zero attached hydrogens (tertiary/aromatic N) is 3. The minimum absolute atomic E-state index is 0.0320. The molecular weight excluding hydrogens is 482 g/mol. The molecule has 3 aromatic rings. The van der Waals surface area contributed by atoms with Crippen molar-refractivity contribution >= 4 is 17.5 Å². The molecule has 0 atom stereocenters. The summed E-state index contributed by atoms with van der Waals surface area (Å²) < 4.78 is 4.92. The Morgan fingerprint density at radius 3 is 1.79 bits per heavy atom. The summed E-state index contributed by atoms with van der Waals surface area (Å²) in [4.78, 5) is 18.7. The van der Waals surface area contributed by atoms with Gasteiger partial charge in [0, 0.05) is 62.0 Å². The smallest absolute Gasteiger partial charge is 0.409 e. The number of piperazine rings is 1. The third-order valence-corrected chi connectivity index (χ3v) is 9.62. The van der Waals surface area contributed by atoms with Crippen LogP contribution in [0.3, 0.4) is 0 Å². The highest BCUT2D eigenvalue weighted by atomic mass is 16.5. The first kappa shape index (κ1) is 25.8. The van der Waals surface area contributed by atoms with Gasteiger partial charge in [-0.05, 0) is 65.6 Å². The Morgan fingerprint density at radius 2 is 1.26 bits per heavy atom. The molecule has 2 fully saturated rings. The summed E-state index contributed by atoms with van der Waals surface area (Å²) in [6.07, 6.45) is 2.15. The van der Waals surface area contributed by atoms with Gasteiger partial charge in [-0.1, -0.05) is 68.4 Å². The molecule has 3 aliphatic rings. The summed E-state index contributed by atoms with van der Waals surface area (Å²) in [6.45, 7) is 12.2. The average molecular weight is 524 g/mol. The van der Waals surface area contributed by atoms with E-state index >= 15 is 0 Å². The second kappa shape index (κ2) is 10.3. The van der Waals surface area contributed by atoms with Crippen LogP contribution in [0.5, 0.6) is 0 Å². The molecule has 2 heterocycles. The second-order valence-electron chi connectivity index (χ2n) is 12.0. The normalized spacial score (nSPS) is 19.4. The maximum atomic E-state index is 11.9. The van der Waals surface area contributed by atoms with E-state index in [1.54, 1.807) is 4.90 Å². The number of anilines is 2. The number of benzene rings is 3. The lowest BCUT2D eigenvalue weighted by Gasteiger charge is -2.45. The van der Waals surface area contributed by atoms with E-state index in [9.17, 15) is 4.79 Å². The van der Waals surface area contributed by atoms with E-state index in [-0.39, 0.29) is 11.5 Å². The molecule has 0 saturated carbocycles. The molecule has 2 saturated heterocycles. The number of rotatable bonds is 3. The van der Waals surface area contributed by atoms with E-state index in [2.05, 4.69) is 97.3 Å². The van der Waals surface area contributed by atoms with Crippen LogP contribution in [0.2, 0.25) is 0 Å². The molecule has 6 rings (SSSR count). The molecule has 1 amide bonds. The number of amides is 1. The number of piperidine rings is 1. The summed E-state index contributed by atoms with van der Waals surface area (Å²) in [5.74, 6) is 1.10. The molecule has 0 N–H and O–H groups in total. The van der Waals surface area contributed by atoms with Crippen molar-refractivity contribution in [3.05, 3.63) is 94.5 Å². The molecule has 0 unspecified atom stereocenters. The average Bonchev–Trinajstić information content (AvgIpc) is 2.98. The summed E-state index contributed by atoms with van der Waals surface area (Å²) in [7, 11) is 1.46. The quantitative estimate of drug-likeness (QED) is 0.389. The van der Waals surface area contributed by atoms with E-state index in [4.69, 9.17) is 4.74 Å². The Morgan fingerprint density at radius 1 is 0.744 bits per heavy atom. The zero-order chi connectivity index (χ0) is 27.1. The molecule has 1 aliphatic carbocycles. The Kier molecular flexibility index (Phi) is 6.78. The lowest BCUT2D eigenvalue weighted by molar-refractivity contribution is 0.121. The molecule has 0 radical (unpaired) electrons. The Bertz CT molecular complexity index is 1300. The van der Waals surface area contributed by atoms with Crippen LogP contribution in [-0.4, -0.2) is 57.4 Å². The van der Waals surface area contributed by atoms with Crippen molar-refractivity contribution in [1.29, 1.82) is 0 Å². The number of hydrogen-bond acceptors (Lipinski definition) is 4. The van der Waals surface area contributed by atoms with Crippen molar-refractivity contribution in [3.8, 4) is 0 Å². The van der Waals surface area contributed by atoms with Crippen LogP contribution in [0.1, 0.15) is 60.4 Å². The third-order valence-electron chi connectivity index (χ3n) is 9.62. The Balaban J connectivity index is 1.20. The fourth-order valence-electron chi connectivity index (χ4n) is 7.52. The highest BCUT2D eigenvalue weighted by molar-refractivity contribution is 5.70. The van der Waals surface area contributed by atoms with Gasteiger partial charge in [0.15, 0.2) is 0 Å². The predicted molar refractivity (Wildman–Crippen MR) is 159 cm³/mol. The number of carbonyl (C=O) groups excluding carboxylic acids is 1. The van der Waals surface area contributed by atoms with Gasteiger partial charge in [0.05, 0.1) is 7.11 Å². The fourth-order valence-corrected chi connectivity index (χ4v) is 7.52. The Hall–Kier alpha value is -3.47. The molecule has 0 aromatic heterocycles. The van der Waals surface area contributed by atoms with Gasteiger partial charge in [0.2, 0.25) is 0 Å². The lowest BCUT2D eigenvalue weighted by Crippen LogP contribution is -2.49. The molecule has 2 aliphatic heterocycles. The van der Waals surface area contributed by atoms with E-state index in [0.29, 0.717) is 24.9 Å². The van der Waals surface area contributed by atoms with Gasteiger partial charge in [-0.25, -0.2) is 4.79 Å². The number of carbonyl (C=O) groups is 1. The zero-order valence-electron chi connectivity index (χ0n) is 23.8. The van der Waals surface area contributed by atoms with E-state index < -0.39 is 0 Å². The van der Waals surface area contributed by atoms with Gasteiger partial charge in [-0.2, -0.15) is 0 Å². The molecule has 204 valence electrons. The first-order valence-corrected chi connectivity index (χ1v) is 14.5. The van der Waals surface area contributed by atoms with E-state index in [0.717, 1.165) is 26.2 Å². The molecule has 3 aromatic carbocycles. The minimum atomic E-state index is -0.227. The van der Waals surface area contributed by atoms with Crippen LogP contribution >= 0.6 is 0 Å². The number of hydrogen-bond donors (Lipinski definition) is 0. The fraction of sp³-hybridized carbons (Fsp3) is 0.441. The zero-order valence-corrected chi connectivity index (χ0v) is 23.8. The van der Waals surface area contributed by atoms with Crippen LogP contribution in [0.4, 0.5) is 16.2 Å². The predicted octanol–water partition coefficient (Wildman–Crippen LogP) is 6.57. The summed E-state index contributed by atoms with van der Waals surface area (Å²) in [6, 6.07) is 25.1. The maximum absolute atomic E-state index is 11.9. The largest absolute Gasteiger partial charge is 0.453 e. The van der Waals surface area contributed by atoms with Crippen LogP contribution < -0.4 is 9.80 Å². The molecule has 5 heteroatoms. The van der Waals surface area contributed by atoms with Gasteiger partial charge in [0.25, 0.3) is 0 Å². The first-order chi connectivity index (χ1) is 18.9. The van der Waals surface area contributed by atoms with Crippen LogP contribution in [0.15, 0.2) is 66.7 Å². The van der Waals surface area contributed by atoms with Crippen molar-refractivity contribution in [3.63, 3.8) is 0 Å². The molecule has 39 heavy (non-hydrogen) atoms. The van der Waals surface area contributed by atoms with Crippen molar-refractivity contribution in [2.45, 2.75) is 44.9 Å². The van der Waals surface area contributed by atoms with Crippen LogP contribution in [0.25, 0.3) is 0 Å². The third kappa shape index (κ3) is 4.46. The summed E-state index contributed by atoms with van der Waals surface area (Å²) in [5, 5.41) is 0. The van der Waals surface area contributed by atoms with E-state index in [1.807, 2.05) is 0 Å². The van der Waals surface area contributed by atoms with Crippen molar-refractivity contribution in [2.24, 2.45) is 5.92 Å². The van der Waals surface area contributed by atoms with Crippen molar-refractivity contribution in [2.75, 3.05) is 56.2 Å². The first-order valence-electron chi connectivity index (χ1n) is 14.5. The molecule has 0 bridgehead atoms. The summed E-state index contributed by atoms with van der Waals surface area (Å²) in [5.41, 5.74) is 10.1. The maximum Gasteiger partial charge on any atom is 0.409 e. The minimum Gasteiger partial charge on any atom is -0.453 e. The number of ether oxygens (including phenoxy) is 1.